The van der Waals surface area contributed by atoms with Crippen molar-refractivity contribution < 1.29 is 9.53 Å². The molecule has 1 atom stereocenters. The van der Waals surface area contributed by atoms with Gasteiger partial charge < -0.3 is 14.2 Å². The number of aromatic nitrogens is 2. The van der Waals surface area contributed by atoms with Crippen LogP contribution in [0.25, 0.3) is 0 Å². The summed E-state index contributed by atoms with van der Waals surface area (Å²) in [5.74, 6) is 1.15. The van der Waals surface area contributed by atoms with Gasteiger partial charge in [0.1, 0.15) is 5.82 Å². The number of fused-ring (bicyclic) bond motifs is 1. The van der Waals surface area contributed by atoms with Crippen LogP contribution >= 0.6 is 0 Å². The number of methoxy groups -OCH3 is 1. The minimum Gasteiger partial charge on any atom is -0.380 e. The van der Waals surface area contributed by atoms with Gasteiger partial charge in [0.05, 0.1) is 6.61 Å². The van der Waals surface area contributed by atoms with Gasteiger partial charge in [-0.05, 0) is 37.0 Å². The maximum absolute atomic E-state index is 13.0. The second-order valence-electron chi connectivity index (χ2n) is 7.41. The third-order valence-electron chi connectivity index (χ3n) is 5.55. The molecule has 0 radical (unpaired) electrons. The minimum atomic E-state index is -0.157. The Kier molecular flexibility index (Phi) is 5.07. The van der Waals surface area contributed by atoms with Crippen molar-refractivity contribution in [2.45, 2.75) is 44.8 Å². The van der Waals surface area contributed by atoms with Gasteiger partial charge in [0.15, 0.2) is 0 Å². The van der Waals surface area contributed by atoms with Gasteiger partial charge in [-0.2, -0.15) is 4.98 Å². The maximum atomic E-state index is 13.0. The van der Waals surface area contributed by atoms with Crippen molar-refractivity contribution in [3.63, 3.8) is 0 Å². The molecule has 6 heteroatoms. The van der Waals surface area contributed by atoms with Gasteiger partial charge in [0.25, 0.3) is 11.5 Å². The Balaban J connectivity index is 1.53. The van der Waals surface area contributed by atoms with Crippen LogP contribution in [0.5, 0.6) is 0 Å². The molecule has 2 aliphatic heterocycles. The molecule has 1 amide bonds. The fraction of sp³-hybridized carbons (Fsp3) is 0.476. The number of nitrogens with zero attached hydrogens (tertiary/aromatic N) is 3. The van der Waals surface area contributed by atoms with Crippen LogP contribution < -0.4 is 5.56 Å². The lowest BCUT2D eigenvalue weighted by molar-refractivity contribution is 0.0704. The van der Waals surface area contributed by atoms with Crippen molar-refractivity contribution in [3.05, 3.63) is 63.3 Å². The highest BCUT2D eigenvalue weighted by Crippen LogP contribution is 2.29. The number of benzene rings is 1. The number of ether oxygens (including phenoxy) is 1. The van der Waals surface area contributed by atoms with Crippen molar-refractivity contribution in [3.8, 4) is 0 Å². The maximum Gasteiger partial charge on any atom is 0.273 e. The second kappa shape index (κ2) is 7.64. The first-order valence-corrected chi connectivity index (χ1v) is 9.63. The normalized spacial score (nSPS) is 19.1. The molecule has 1 saturated heterocycles. The molecule has 142 valence electrons. The van der Waals surface area contributed by atoms with Crippen LogP contribution in [0.4, 0.5) is 0 Å². The Labute approximate surface area is 158 Å². The van der Waals surface area contributed by atoms with E-state index in [1.807, 2.05) is 29.2 Å². The number of carbonyl (C=O) groups is 1. The van der Waals surface area contributed by atoms with E-state index in [9.17, 15) is 9.59 Å². The van der Waals surface area contributed by atoms with E-state index < -0.39 is 0 Å². The quantitative estimate of drug-likeness (QED) is 0.832. The van der Waals surface area contributed by atoms with E-state index in [2.05, 4.69) is 9.55 Å². The Hall–Kier alpha value is -2.47. The van der Waals surface area contributed by atoms with E-state index in [-0.39, 0.29) is 17.4 Å². The topological polar surface area (TPSA) is 64.4 Å². The van der Waals surface area contributed by atoms with Gasteiger partial charge in [0.2, 0.25) is 0 Å². The molecule has 1 fully saturated rings. The standard InChI is InChI=1S/C21H25N3O3/c1-27-14-15-6-8-16(9-7-15)21(26)23-10-2-4-17(13-23)18-12-20(25)22-19-5-3-11-24(18)19/h6-9,12,17H,2-5,10-11,13-14H2,1H3/t17-/m0/s1. The van der Waals surface area contributed by atoms with E-state index in [0.717, 1.165) is 55.9 Å². The van der Waals surface area contributed by atoms with Gasteiger partial charge in [-0.1, -0.05) is 12.1 Å². The van der Waals surface area contributed by atoms with E-state index in [4.69, 9.17) is 4.74 Å². The predicted octanol–water partition coefficient (Wildman–Crippen LogP) is 2.36. The number of rotatable bonds is 4. The fourth-order valence-electron chi connectivity index (χ4n) is 4.25. The Morgan fingerprint density at radius 2 is 2.04 bits per heavy atom. The first-order valence-electron chi connectivity index (χ1n) is 9.63. The van der Waals surface area contributed by atoms with Crippen molar-refractivity contribution in [1.82, 2.24) is 14.5 Å². The second-order valence-corrected chi connectivity index (χ2v) is 7.41. The lowest BCUT2D eigenvalue weighted by atomic mass is 9.93. The smallest absolute Gasteiger partial charge is 0.273 e. The zero-order valence-corrected chi connectivity index (χ0v) is 15.7. The SMILES string of the molecule is COCc1ccc(C(=O)N2CCC[C@H](c3cc(=O)nc4n3CCC4)C2)cc1. The van der Waals surface area contributed by atoms with Crippen molar-refractivity contribution in [2.24, 2.45) is 0 Å². The number of carbonyl (C=O) groups excluding carboxylic acids is 1. The summed E-state index contributed by atoms with van der Waals surface area (Å²) in [5, 5.41) is 0. The summed E-state index contributed by atoms with van der Waals surface area (Å²) in [6, 6.07) is 9.29. The molecule has 4 rings (SSSR count). The highest BCUT2D eigenvalue weighted by Gasteiger charge is 2.29. The van der Waals surface area contributed by atoms with Crippen LogP contribution in [-0.4, -0.2) is 40.6 Å². The molecule has 0 N–H and O–H groups in total. The van der Waals surface area contributed by atoms with Crippen LogP contribution in [-0.2, 0) is 24.3 Å². The predicted molar refractivity (Wildman–Crippen MR) is 102 cm³/mol. The average Bonchev–Trinajstić information content (AvgIpc) is 3.16. The molecule has 0 bridgehead atoms. The van der Waals surface area contributed by atoms with Crippen molar-refractivity contribution in [2.75, 3.05) is 20.2 Å². The van der Waals surface area contributed by atoms with Gasteiger partial charge in [0, 0.05) is 56.4 Å². The molecule has 1 aromatic carbocycles. The molecular formula is C21H25N3O3. The number of aryl methyl sites for hydroxylation is 1. The van der Waals surface area contributed by atoms with Crippen LogP contribution in [0.3, 0.4) is 0 Å². The molecule has 0 aliphatic carbocycles. The fourth-order valence-corrected chi connectivity index (χ4v) is 4.25. The van der Waals surface area contributed by atoms with Crippen LogP contribution in [0.15, 0.2) is 35.1 Å². The van der Waals surface area contributed by atoms with Gasteiger partial charge in [-0.15, -0.1) is 0 Å². The zero-order valence-electron chi connectivity index (χ0n) is 15.7. The Bertz CT molecular complexity index is 889. The summed E-state index contributed by atoms with van der Waals surface area (Å²) in [4.78, 5) is 31.0. The van der Waals surface area contributed by atoms with E-state index in [1.54, 1.807) is 13.2 Å². The summed E-state index contributed by atoms with van der Waals surface area (Å²) in [6.45, 7) is 2.88. The third kappa shape index (κ3) is 3.67. The van der Waals surface area contributed by atoms with Gasteiger partial charge >= 0.3 is 0 Å². The number of likely N-dealkylation sites (tertiary alicyclic amines) is 1. The van der Waals surface area contributed by atoms with E-state index >= 15 is 0 Å². The summed E-state index contributed by atoms with van der Waals surface area (Å²) in [5.41, 5.74) is 2.65. The Morgan fingerprint density at radius 1 is 1.22 bits per heavy atom. The molecule has 27 heavy (non-hydrogen) atoms. The number of hydrogen-bond acceptors (Lipinski definition) is 4. The number of hydrogen-bond donors (Lipinski definition) is 0. The number of amides is 1. The van der Waals surface area contributed by atoms with E-state index in [1.165, 1.54) is 0 Å². The highest BCUT2D eigenvalue weighted by molar-refractivity contribution is 5.94. The largest absolute Gasteiger partial charge is 0.380 e. The van der Waals surface area contributed by atoms with Gasteiger partial charge in [-0.25, -0.2) is 0 Å². The van der Waals surface area contributed by atoms with Crippen molar-refractivity contribution in [1.29, 1.82) is 0 Å². The van der Waals surface area contributed by atoms with E-state index in [0.29, 0.717) is 18.7 Å². The lowest BCUT2D eigenvalue weighted by Gasteiger charge is -2.34. The molecule has 1 aromatic heterocycles. The summed E-state index contributed by atoms with van der Waals surface area (Å²) in [6.07, 6.45) is 3.85. The zero-order chi connectivity index (χ0) is 18.8. The van der Waals surface area contributed by atoms with Gasteiger partial charge in [-0.3, -0.25) is 9.59 Å². The highest BCUT2D eigenvalue weighted by atomic mass is 16.5. The average molecular weight is 367 g/mol. The molecule has 2 aromatic rings. The van der Waals surface area contributed by atoms with Crippen LogP contribution in [0.2, 0.25) is 0 Å². The van der Waals surface area contributed by atoms with Crippen molar-refractivity contribution >= 4 is 5.91 Å². The molecule has 2 aliphatic rings. The lowest BCUT2D eigenvalue weighted by Crippen LogP contribution is -2.40. The minimum absolute atomic E-state index is 0.0571. The molecule has 0 spiro atoms. The molecule has 6 nitrogen and oxygen atoms in total. The summed E-state index contributed by atoms with van der Waals surface area (Å²) in [7, 11) is 1.66. The molecule has 3 heterocycles. The first kappa shape index (κ1) is 17.9. The van der Waals surface area contributed by atoms with Crippen LogP contribution in [0, 0.1) is 0 Å². The Morgan fingerprint density at radius 3 is 2.81 bits per heavy atom. The molecular weight excluding hydrogens is 342 g/mol. The third-order valence-corrected chi connectivity index (χ3v) is 5.55. The summed E-state index contributed by atoms with van der Waals surface area (Å²) < 4.78 is 7.32. The number of piperidine rings is 1. The summed E-state index contributed by atoms with van der Waals surface area (Å²) >= 11 is 0. The first-order chi connectivity index (χ1) is 13.2. The molecule has 0 unspecified atom stereocenters. The molecule has 0 saturated carbocycles. The van der Waals surface area contributed by atoms with Crippen LogP contribution in [0.1, 0.15) is 52.6 Å². The monoisotopic (exact) mass is 367 g/mol.